The van der Waals surface area contributed by atoms with Gasteiger partial charge in [-0.1, -0.05) is 18.2 Å². The molecule has 1 N–H and O–H groups in total. The third-order valence-corrected chi connectivity index (χ3v) is 2.45. The van der Waals surface area contributed by atoms with Crippen LogP contribution in [0.25, 0.3) is 6.08 Å². The summed E-state index contributed by atoms with van der Waals surface area (Å²) in [6.07, 6.45) is 2.55. The molecule has 0 radical (unpaired) electrons. The SMILES string of the molecule is COC(=O)CC=Cc1ccc(NC(=O)OC(C)(C)C)c(F)c1. The van der Waals surface area contributed by atoms with E-state index in [-0.39, 0.29) is 18.1 Å². The fraction of sp³-hybridized carbons (Fsp3) is 0.375. The predicted octanol–water partition coefficient (Wildman–Crippen LogP) is 3.75. The molecule has 0 fully saturated rings. The van der Waals surface area contributed by atoms with E-state index in [4.69, 9.17) is 4.74 Å². The summed E-state index contributed by atoms with van der Waals surface area (Å²) in [5, 5.41) is 2.34. The molecule has 1 amide bonds. The number of benzene rings is 1. The van der Waals surface area contributed by atoms with Crippen molar-refractivity contribution < 1.29 is 23.5 Å². The number of carbonyl (C=O) groups is 2. The topological polar surface area (TPSA) is 64.6 Å². The molecule has 1 aromatic carbocycles. The molecular weight excluding hydrogens is 289 g/mol. The number of rotatable bonds is 4. The maximum Gasteiger partial charge on any atom is 0.412 e. The molecule has 0 saturated carbocycles. The van der Waals surface area contributed by atoms with E-state index < -0.39 is 17.5 Å². The summed E-state index contributed by atoms with van der Waals surface area (Å²) in [4.78, 5) is 22.5. The number of amides is 1. The lowest BCUT2D eigenvalue weighted by molar-refractivity contribution is -0.139. The lowest BCUT2D eigenvalue weighted by Gasteiger charge is -2.19. The van der Waals surface area contributed by atoms with E-state index >= 15 is 0 Å². The normalized spacial score (nSPS) is 11.3. The number of nitrogens with one attached hydrogen (secondary N) is 1. The van der Waals surface area contributed by atoms with Gasteiger partial charge >= 0.3 is 12.1 Å². The standard InChI is InChI=1S/C16H20FNO4/c1-16(2,3)22-15(20)18-13-9-8-11(10-12(13)17)6-5-7-14(19)21-4/h5-6,8-10H,7H2,1-4H3,(H,18,20). The highest BCUT2D eigenvalue weighted by Gasteiger charge is 2.17. The smallest absolute Gasteiger partial charge is 0.412 e. The first kappa shape index (κ1) is 17.7. The van der Waals surface area contributed by atoms with Crippen LogP contribution >= 0.6 is 0 Å². The molecule has 0 saturated heterocycles. The Labute approximate surface area is 129 Å². The minimum atomic E-state index is -0.722. The number of ether oxygens (including phenoxy) is 2. The molecule has 1 aromatic rings. The summed E-state index contributed by atoms with van der Waals surface area (Å²) < 4.78 is 23.4. The fourth-order valence-corrected chi connectivity index (χ4v) is 1.52. The quantitative estimate of drug-likeness (QED) is 0.860. The van der Waals surface area contributed by atoms with E-state index in [1.807, 2.05) is 0 Å². The third-order valence-electron chi connectivity index (χ3n) is 2.45. The molecule has 0 aliphatic rings. The highest BCUT2D eigenvalue weighted by Crippen LogP contribution is 2.18. The minimum absolute atomic E-state index is 0.0272. The molecule has 0 unspecified atom stereocenters. The molecule has 0 aromatic heterocycles. The fourth-order valence-electron chi connectivity index (χ4n) is 1.52. The Morgan fingerprint density at radius 3 is 2.55 bits per heavy atom. The summed E-state index contributed by atoms with van der Waals surface area (Å²) in [6.45, 7) is 5.16. The summed E-state index contributed by atoms with van der Waals surface area (Å²) in [7, 11) is 1.30. The molecule has 22 heavy (non-hydrogen) atoms. The van der Waals surface area contributed by atoms with Gasteiger partial charge in [0, 0.05) is 0 Å². The molecular formula is C16H20FNO4. The van der Waals surface area contributed by atoms with Gasteiger partial charge in [0.2, 0.25) is 0 Å². The summed E-state index contributed by atoms with van der Waals surface area (Å²) in [5.41, 5.74) is -0.0626. The van der Waals surface area contributed by atoms with Crippen LogP contribution in [-0.2, 0) is 14.3 Å². The maximum absolute atomic E-state index is 13.9. The zero-order valence-corrected chi connectivity index (χ0v) is 13.1. The van der Waals surface area contributed by atoms with Crippen LogP contribution < -0.4 is 5.32 Å². The molecule has 0 aliphatic heterocycles. The van der Waals surface area contributed by atoms with Crippen LogP contribution in [-0.4, -0.2) is 24.8 Å². The first-order valence-corrected chi connectivity index (χ1v) is 6.74. The summed E-state index contributed by atoms with van der Waals surface area (Å²) >= 11 is 0. The lowest BCUT2D eigenvalue weighted by Crippen LogP contribution is -2.27. The Morgan fingerprint density at radius 1 is 1.32 bits per heavy atom. The summed E-state index contributed by atoms with van der Waals surface area (Å²) in [5.74, 6) is -0.967. The van der Waals surface area contributed by atoms with Gasteiger partial charge in [-0.2, -0.15) is 0 Å². The molecule has 120 valence electrons. The van der Waals surface area contributed by atoms with Crippen molar-refractivity contribution in [2.24, 2.45) is 0 Å². The Morgan fingerprint density at radius 2 is 2.00 bits per heavy atom. The number of hydrogen-bond donors (Lipinski definition) is 1. The second kappa shape index (κ2) is 7.59. The van der Waals surface area contributed by atoms with Crippen molar-refractivity contribution in [1.82, 2.24) is 0 Å². The van der Waals surface area contributed by atoms with Gasteiger partial charge in [0.25, 0.3) is 0 Å². The van der Waals surface area contributed by atoms with Gasteiger partial charge in [0.1, 0.15) is 11.4 Å². The average molecular weight is 309 g/mol. The van der Waals surface area contributed by atoms with Crippen LogP contribution in [0.15, 0.2) is 24.3 Å². The molecule has 0 heterocycles. The van der Waals surface area contributed by atoms with Gasteiger partial charge < -0.3 is 9.47 Å². The van der Waals surface area contributed by atoms with E-state index in [1.54, 1.807) is 39.0 Å². The molecule has 0 bridgehead atoms. The first-order valence-electron chi connectivity index (χ1n) is 6.74. The first-order chi connectivity index (χ1) is 10.2. The summed E-state index contributed by atoms with van der Waals surface area (Å²) in [6, 6.07) is 4.29. The van der Waals surface area contributed by atoms with E-state index in [2.05, 4.69) is 10.1 Å². The molecule has 1 rings (SSSR count). The van der Waals surface area contributed by atoms with Crippen molar-refractivity contribution in [2.75, 3.05) is 12.4 Å². The number of methoxy groups -OCH3 is 1. The second-order valence-corrected chi connectivity index (χ2v) is 5.55. The van der Waals surface area contributed by atoms with Gasteiger partial charge in [0.05, 0.1) is 19.2 Å². The minimum Gasteiger partial charge on any atom is -0.469 e. The number of halogens is 1. The van der Waals surface area contributed by atoms with Crippen molar-refractivity contribution in [3.63, 3.8) is 0 Å². The Kier molecular flexibility index (Phi) is 6.10. The third kappa shape index (κ3) is 6.39. The second-order valence-electron chi connectivity index (χ2n) is 5.55. The Hall–Kier alpha value is -2.37. The van der Waals surface area contributed by atoms with Gasteiger partial charge in [-0.15, -0.1) is 0 Å². The van der Waals surface area contributed by atoms with Crippen LogP contribution in [0.1, 0.15) is 32.8 Å². The molecule has 5 nitrogen and oxygen atoms in total. The average Bonchev–Trinajstić information content (AvgIpc) is 2.39. The Bertz CT molecular complexity index is 576. The van der Waals surface area contributed by atoms with E-state index in [0.29, 0.717) is 5.56 Å². The van der Waals surface area contributed by atoms with Crippen molar-refractivity contribution in [3.05, 3.63) is 35.7 Å². The molecule has 6 heteroatoms. The van der Waals surface area contributed by atoms with Crippen molar-refractivity contribution >= 4 is 23.8 Å². The monoisotopic (exact) mass is 309 g/mol. The number of carbonyl (C=O) groups excluding carboxylic acids is 2. The van der Waals surface area contributed by atoms with Crippen molar-refractivity contribution in [2.45, 2.75) is 32.8 Å². The molecule has 0 aliphatic carbocycles. The number of hydrogen-bond acceptors (Lipinski definition) is 4. The zero-order chi connectivity index (χ0) is 16.8. The van der Waals surface area contributed by atoms with E-state index in [1.165, 1.54) is 19.2 Å². The van der Waals surface area contributed by atoms with Crippen LogP contribution in [0.3, 0.4) is 0 Å². The Balaban J connectivity index is 2.69. The van der Waals surface area contributed by atoms with Crippen LogP contribution in [0.2, 0.25) is 0 Å². The van der Waals surface area contributed by atoms with Crippen molar-refractivity contribution in [1.29, 1.82) is 0 Å². The van der Waals surface area contributed by atoms with Crippen LogP contribution in [0.4, 0.5) is 14.9 Å². The van der Waals surface area contributed by atoms with Crippen molar-refractivity contribution in [3.8, 4) is 0 Å². The molecule has 0 spiro atoms. The van der Waals surface area contributed by atoms with Gasteiger partial charge in [-0.05, 0) is 38.5 Å². The predicted molar refractivity (Wildman–Crippen MR) is 81.9 cm³/mol. The van der Waals surface area contributed by atoms with Gasteiger partial charge in [-0.3, -0.25) is 10.1 Å². The number of anilines is 1. The zero-order valence-electron chi connectivity index (χ0n) is 13.1. The van der Waals surface area contributed by atoms with Gasteiger partial charge in [0.15, 0.2) is 0 Å². The number of esters is 1. The molecule has 0 atom stereocenters. The van der Waals surface area contributed by atoms with E-state index in [9.17, 15) is 14.0 Å². The van der Waals surface area contributed by atoms with Crippen LogP contribution in [0, 0.1) is 5.82 Å². The highest BCUT2D eigenvalue weighted by atomic mass is 19.1. The van der Waals surface area contributed by atoms with Crippen LogP contribution in [0.5, 0.6) is 0 Å². The lowest BCUT2D eigenvalue weighted by atomic mass is 10.1. The maximum atomic E-state index is 13.9. The van der Waals surface area contributed by atoms with E-state index in [0.717, 1.165) is 0 Å². The van der Waals surface area contributed by atoms with Gasteiger partial charge in [-0.25, -0.2) is 9.18 Å². The largest absolute Gasteiger partial charge is 0.469 e. The highest BCUT2D eigenvalue weighted by molar-refractivity contribution is 5.85.